The Morgan fingerprint density at radius 3 is 2.63 bits per heavy atom. The standard InChI is InChI=1S/C16H14N2O/c17-9-12-1-3-13(4-2-12)10-18-8-7-15(11-18)16(19)14-5-6-14/h1-4,7-8,11,14H,5-6,10H2. The predicted octanol–water partition coefficient (Wildman–Crippen LogP) is 3.00. The summed E-state index contributed by atoms with van der Waals surface area (Å²) in [6, 6.07) is 11.5. The number of hydrogen-bond acceptors (Lipinski definition) is 2. The number of benzene rings is 1. The number of carbonyl (C=O) groups excluding carboxylic acids is 1. The third-order valence-electron chi connectivity index (χ3n) is 3.43. The van der Waals surface area contributed by atoms with Crippen LogP contribution >= 0.6 is 0 Å². The summed E-state index contributed by atoms with van der Waals surface area (Å²) in [5.41, 5.74) is 2.61. The van der Waals surface area contributed by atoms with Crippen LogP contribution < -0.4 is 0 Å². The number of nitriles is 1. The van der Waals surface area contributed by atoms with E-state index >= 15 is 0 Å². The van der Waals surface area contributed by atoms with Crippen molar-refractivity contribution in [2.75, 3.05) is 0 Å². The van der Waals surface area contributed by atoms with Crippen molar-refractivity contribution in [3.8, 4) is 6.07 Å². The zero-order chi connectivity index (χ0) is 13.2. The molecule has 3 rings (SSSR count). The molecule has 0 aliphatic heterocycles. The van der Waals surface area contributed by atoms with Crippen molar-refractivity contribution in [2.24, 2.45) is 5.92 Å². The minimum atomic E-state index is 0.269. The number of Topliss-reactive ketones (excluding diaryl/α,β-unsaturated/α-hetero) is 1. The summed E-state index contributed by atoms with van der Waals surface area (Å²) < 4.78 is 2.01. The van der Waals surface area contributed by atoms with Gasteiger partial charge in [0, 0.05) is 30.4 Å². The summed E-state index contributed by atoms with van der Waals surface area (Å²) in [5, 5.41) is 8.75. The Morgan fingerprint density at radius 2 is 2.00 bits per heavy atom. The lowest BCUT2D eigenvalue weighted by molar-refractivity contribution is 0.0967. The Bertz CT molecular complexity index is 642. The summed E-state index contributed by atoms with van der Waals surface area (Å²) in [6.07, 6.45) is 5.94. The zero-order valence-corrected chi connectivity index (χ0v) is 10.5. The van der Waals surface area contributed by atoms with Crippen LogP contribution in [0.25, 0.3) is 0 Å². The van der Waals surface area contributed by atoms with Crippen LogP contribution in [0.1, 0.15) is 34.3 Å². The summed E-state index contributed by atoms with van der Waals surface area (Å²) in [6.45, 7) is 0.726. The van der Waals surface area contributed by atoms with Crippen LogP contribution in [0.2, 0.25) is 0 Å². The van der Waals surface area contributed by atoms with Crippen LogP contribution in [0, 0.1) is 17.2 Å². The first-order chi connectivity index (χ1) is 9.26. The molecule has 2 aromatic rings. The first kappa shape index (κ1) is 11.7. The molecule has 0 atom stereocenters. The summed E-state index contributed by atoms with van der Waals surface area (Å²) in [7, 11) is 0. The van der Waals surface area contributed by atoms with E-state index in [1.807, 2.05) is 47.3 Å². The van der Waals surface area contributed by atoms with Crippen molar-refractivity contribution in [1.29, 1.82) is 5.26 Å². The highest BCUT2D eigenvalue weighted by atomic mass is 16.1. The van der Waals surface area contributed by atoms with Crippen molar-refractivity contribution in [2.45, 2.75) is 19.4 Å². The summed E-state index contributed by atoms with van der Waals surface area (Å²) in [5.74, 6) is 0.546. The Morgan fingerprint density at radius 1 is 1.26 bits per heavy atom. The van der Waals surface area contributed by atoms with E-state index in [9.17, 15) is 4.79 Å². The third-order valence-corrected chi connectivity index (χ3v) is 3.43. The van der Waals surface area contributed by atoms with Gasteiger partial charge in [0.1, 0.15) is 0 Å². The van der Waals surface area contributed by atoms with Gasteiger partial charge in [-0.1, -0.05) is 12.1 Å². The number of carbonyl (C=O) groups is 1. The van der Waals surface area contributed by atoms with E-state index < -0.39 is 0 Å². The topological polar surface area (TPSA) is 45.8 Å². The highest BCUT2D eigenvalue weighted by Crippen LogP contribution is 2.32. The zero-order valence-electron chi connectivity index (χ0n) is 10.5. The number of ketones is 1. The second-order valence-corrected chi connectivity index (χ2v) is 5.02. The fourth-order valence-electron chi connectivity index (χ4n) is 2.16. The minimum Gasteiger partial charge on any atom is -0.349 e. The Kier molecular flexibility index (Phi) is 2.92. The van der Waals surface area contributed by atoms with Gasteiger partial charge in [-0.25, -0.2) is 0 Å². The van der Waals surface area contributed by atoms with Crippen LogP contribution in [0.15, 0.2) is 42.7 Å². The third kappa shape index (κ3) is 2.58. The second kappa shape index (κ2) is 4.74. The second-order valence-electron chi connectivity index (χ2n) is 5.02. The maximum absolute atomic E-state index is 11.9. The Labute approximate surface area is 112 Å². The van der Waals surface area contributed by atoms with E-state index in [4.69, 9.17) is 5.26 Å². The molecule has 19 heavy (non-hydrogen) atoms. The van der Waals surface area contributed by atoms with Gasteiger partial charge in [-0.15, -0.1) is 0 Å². The number of nitrogens with zero attached hydrogens (tertiary/aromatic N) is 2. The van der Waals surface area contributed by atoms with Crippen molar-refractivity contribution in [1.82, 2.24) is 4.57 Å². The number of hydrogen-bond donors (Lipinski definition) is 0. The van der Waals surface area contributed by atoms with E-state index in [1.165, 1.54) is 0 Å². The van der Waals surface area contributed by atoms with Gasteiger partial charge < -0.3 is 4.57 Å². The summed E-state index contributed by atoms with van der Waals surface area (Å²) >= 11 is 0. The molecule has 1 aliphatic rings. The Hall–Kier alpha value is -2.34. The van der Waals surface area contributed by atoms with Gasteiger partial charge >= 0.3 is 0 Å². The molecule has 1 aromatic carbocycles. The predicted molar refractivity (Wildman–Crippen MR) is 71.7 cm³/mol. The quantitative estimate of drug-likeness (QED) is 0.783. The smallest absolute Gasteiger partial charge is 0.167 e. The Balaban J connectivity index is 1.72. The maximum Gasteiger partial charge on any atom is 0.167 e. The maximum atomic E-state index is 11.9. The van der Waals surface area contributed by atoms with Gasteiger partial charge in [0.2, 0.25) is 0 Å². The van der Waals surface area contributed by atoms with Crippen LogP contribution in [-0.2, 0) is 6.54 Å². The number of aromatic nitrogens is 1. The average Bonchev–Trinajstić information content (AvgIpc) is 3.19. The lowest BCUT2D eigenvalue weighted by atomic mass is 10.1. The van der Waals surface area contributed by atoms with Crippen molar-refractivity contribution >= 4 is 5.78 Å². The molecular formula is C16H14N2O. The largest absolute Gasteiger partial charge is 0.349 e. The van der Waals surface area contributed by atoms with E-state index in [2.05, 4.69) is 6.07 Å². The van der Waals surface area contributed by atoms with Crippen LogP contribution in [0.4, 0.5) is 0 Å². The molecule has 0 N–H and O–H groups in total. The fourth-order valence-corrected chi connectivity index (χ4v) is 2.16. The van der Waals surface area contributed by atoms with Gasteiger partial charge in [-0.2, -0.15) is 5.26 Å². The molecule has 0 spiro atoms. The molecule has 3 nitrogen and oxygen atoms in total. The van der Waals surface area contributed by atoms with E-state index in [0.29, 0.717) is 5.56 Å². The first-order valence-corrected chi connectivity index (χ1v) is 6.45. The molecule has 0 bridgehead atoms. The molecule has 0 saturated heterocycles. The molecular weight excluding hydrogens is 236 g/mol. The minimum absolute atomic E-state index is 0.269. The molecule has 3 heteroatoms. The molecule has 1 aromatic heterocycles. The van der Waals surface area contributed by atoms with Gasteiger partial charge in [0.25, 0.3) is 0 Å². The van der Waals surface area contributed by atoms with Gasteiger partial charge in [-0.05, 0) is 36.6 Å². The summed E-state index contributed by atoms with van der Waals surface area (Å²) in [4.78, 5) is 11.9. The first-order valence-electron chi connectivity index (χ1n) is 6.45. The normalized spacial score (nSPS) is 14.1. The fraction of sp³-hybridized carbons (Fsp3) is 0.250. The van der Waals surface area contributed by atoms with Crippen LogP contribution in [-0.4, -0.2) is 10.4 Å². The molecule has 1 saturated carbocycles. The van der Waals surface area contributed by atoms with Gasteiger partial charge in [-0.3, -0.25) is 4.79 Å². The molecule has 1 aliphatic carbocycles. The van der Waals surface area contributed by atoms with E-state index in [-0.39, 0.29) is 11.7 Å². The van der Waals surface area contributed by atoms with Gasteiger partial charge in [0.15, 0.2) is 5.78 Å². The SMILES string of the molecule is N#Cc1ccc(Cn2ccc(C(=O)C3CC3)c2)cc1. The van der Waals surface area contributed by atoms with E-state index in [1.54, 1.807) is 0 Å². The van der Waals surface area contributed by atoms with Crippen LogP contribution in [0.3, 0.4) is 0 Å². The van der Waals surface area contributed by atoms with Crippen molar-refractivity contribution in [3.05, 3.63) is 59.4 Å². The van der Waals surface area contributed by atoms with Crippen LogP contribution in [0.5, 0.6) is 0 Å². The molecule has 1 fully saturated rings. The number of rotatable bonds is 4. The molecule has 0 radical (unpaired) electrons. The highest BCUT2D eigenvalue weighted by Gasteiger charge is 2.30. The highest BCUT2D eigenvalue weighted by molar-refractivity contribution is 5.99. The lowest BCUT2D eigenvalue weighted by Crippen LogP contribution is -2.00. The van der Waals surface area contributed by atoms with E-state index in [0.717, 1.165) is 30.5 Å². The van der Waals surface area contributed by atoms with Crippen molar-refractivity contribution in [3.63, 3.8) is 0 Å². The molecule has 0 amide bonds. The van der Waals surface area contributed by atoms with Gasteiger partial charge in [0.05, 0.1) is 11.6 Å². The molecule has 94 valence electrons. The monoisotopic (exact) mass is 250 g/mol. The average molecular weight is 250 g/mol. The molecule has 1 heterocycles. The lowest BCUT2D eigenvalue weighted by Gasteiger charge is -2.03. The molecule has 0 unspecified atom stereocenters. The van der Waals surface area contributed by atoms with Crippen molar-refractivity contribution < 1.29 is 4.79 Å².